The molecular formula is C17H23NO2S. The normalized spacial score (nSPS) is 12.1. The van der Waals surface area contributed by atoms with Gasteiger partial charge >= 0.3 is 0 Å². The molecule has 21 heavy (non-hydrogen) atoms. The average Bonchev–Trinajstić information content (AvgIpc) is 3.03. The summed E-state index contributed by atoms with van der Waals surface area (Å²) in [5.41, 5.74) is 1.18. The largest absolute Gasteiger partial charge is 0.497 e. The van der Waals surface area contributed by atoms with Crippen LogP contribution in [-0.2, 0) is 6.42 Å². The fourth-order valence-electron chi connectivity index (χ4n) is 2.35. The molecule has 114 valence electrons. The summed E-state index contributed by atoms with van der Waals surface area (Å²) in [7, 11) is 3.38. The monoisotopic (exact) mass is 305 g/mol. The second-order valence-corrected chi connectivity index (χ2v) is 5.93. The Balaban J connectivity index is 2.26. The first-order valence-corrected chi connectivity index (χ1v) is 8.14. The summed E-state index contributed by atoms with van der Waals surface area (Å²) in [6, 6.07) is 10.6. The summed E-state index contributed by atoms with van der Waals surface area (Å²) in [6.07, 6.45) is 2.08. The molecule has 0 aliphatic heterocycles. The van der Waals surface area contributed by atoms with E-state index in [4.69, 9.17) is 9.47 Å². The van der Waals surface area contributed by atoms with Crippen molar-refractivity contribution in [3.63, 3.8) is 0 Å². The maximum atomic E-state index is 5.55. The molecule has 0 bridgehead atoms. The van der Waals surface area contributed by atoms with Crippen molar-refractivity contribution >= 4 is 11.3 Å². The molecule has 2 aromatic rings. The van der Waals surface area contributed by atoms with Gasteiger partial charge in [-0.05, 0) is 30.5 Å². The third-order valence-corrected chi connectivity index (χ3v) is 4.34. The van der Waals surface area contributed by atoms with Gasteiger partial charge in [0, 0.05) is 29.0 Å². The van der Waals surface area contributed by atoms with Gasteiger partial charge in [0.1, 0.15) is 11.5 Å². The van der Waals surface area contributed by atoms with E-state index >= 15 is 0 Å². The van der Waals surface area contributed by atoms with E-state index in [1.165, 1.54) is 10.4 Å². The van der Waals surface area contributed by atoms with E-state index in [-0.39, 0.29) is 6.04 Å². The minimum atomic E-state index is 0.254. The first-order chi connectivity index (χ1) is 10.3. The third-order valence-electron chi connectivity index (χ3n) is 3.44. The molecule has 1 aromatic heterocycles. The zero-order valence-corrected chi connectivity index (χ0v) is 13.7. The number of ether oxygens (including phenoxy) is 2. The highest BCUT2D eigenvalue weighted by atomic mass is 32.1. The van der Waals surface area contributed by atoms with E-state index < -0.39 is 0 Å². The van der Waals surface area contributed by atoms with Crippen LogP contribution in [0.1, 0.15) is 29.8 Å². The van der Waals surface area contributed by atoms with Crippen molar-refractivity contribution in [1.82, 2.24) is 5.32 Å². The molecule has 4 heteroatoms. The molecule has 1 aromatic carbocycles. The molecule has 3 nitrogen and oxygen atoms in total. The van der Waals surface area contributed by atoms with Crippen LogP contribution in [0.25, 0.3) is 0 Å². The number of benzene rings is 1. The van der Waals surface area contributed by atoms with Gasteiger partial charge in [0.2, 0.25) is 0 Å². The summed E-state index contributed by atoms with van der Waals surface area (Å²) < 4.78 is 10.8. The summed E-state index contributed by atoms with van der Waals surface area (Å²) in [5.74, 6) is 1.69. The zero-order valence-electron chi connectivity index (χ0n) is 12.9. The molecule has 1 N–H and O–H groups in total. The van der Waals surface area contributed by atoms with Crippen LogP contribution in [0.4, 0.5) is 0 Å². The Kier molecular flexibility index (Phi) is 6.08. The quantitative estimate of drug-likeness (QED) is 0.798. The van der Waals surface area contributed by atoms with Gasteiger partial charge in [-0.2, -0.15) is 0 Å². The van der Waals surface area contributed by atoms with Gasteiger partial charge in [-0.3, -0.25) is 0 Å². The molecule has 2 rings (SSSR count). The maximum absolute atomic E-state index is 5.55. The predicted octanol–water partition coefficient (Wildman–Crippen LogP) is 4.05. The van der Waals surface area contributed by atoms with Gasteiger partial charge in [-0.25, -0.2) is 0 Å². The molecule has 1 atom stereocenters. The van der Waals surface area contributed by atoms with E-state index in [0.29, 0.717) is 0 Å². The lowest BCUT2D eigenvalue weighted by atomic mass is 10.0. The Hall–Kier alpha value is -1.52. The smallest absolute Gasteiger partial charge is 0.127 e. The van der Waals surface area contributed by atoms with E-state index in [2.05, 4.69) is 35.8 Å². The van der Waals surface area contributed by atoms with Gasteiger partial charge in [-0.15, -0.1) is 11.3 Å². The Morgan fingerprint density at radius 3 is 2.67 bits per heavy atom. The van der Waals surface area contributed by atoms with Crippen LogP contribution < -0.4 is 14.8 Å². The highest BCUT2D eigenvalue weighted by Crippen LogP contribution is 2.32. The van der Waals surface area contributed by atoms with Crippen molar-refractivity contribution in [2.45, 2.75) is 25.8 Å². The summed E-state index contributed by atoms with van der Waals surface area (Å²) in [5, 5.41) is 5.74. The average molecular weight is 305 g/mol. The van der Waals surface area contributed by atoms with Crippen molar-refractivity contribution in [3.8, 4) is 11.5 Å². The lowest BCUT2D eigenvalue weighted by molar-refractivity contribution is 0.383. The number of methoxy groups -OCH3 is 2. The van der Waals surface area contributed by atoms with Crippen LogP contribution in [0.5, 0.6) is 11.5 Å². The lowest BCUT2D eigenvalue weighted by Gasteiger charge is -2.21. The first kappa shape index (κ1) is 15.9. The van der Waals surface area contributed by atoms with E-state index in [1.54, 1.807) is 25.6 Å². The minimum Gasteiger partial charge on any atom is -0.497 e. The van der Waals surface area contributed by atoms with Crippen molar-refractivity contribution in [2.24, 2.45) is 0 Å². The number of hydrogen-bond donors (Lipinski definition) is 1. The van der Waals surface area contributed by atoms with E-state index in [1.807, 2.05) is 12.1 Å². The fourth-order valence-corrected chi connectivity index (χ4v) is 3.10. The molecule has 1 unspecified atom stereocenters. The molecule has 0 fully saturated rings. The molecule has 0 aliphatic carbocycles. The van der Waals surface area contributed by atoms with Crippen molar-refractivity contribution in [2.75, 3.05) is 20.8 Å². The van der Waals surface area contributed by atoms with Crippen molar-refractivity contribution < 1.29 is 9.47 Å². The SMILES string of the molecule is CCCNC(Cc1cccs1)c1ccc(OC)cc1OC. The van der Waals surface area contributed by atoms with Gasteiger partial charge in [0.25, 0.3) is 0 Å². The topological polar surface area (TPSA) is 30.5 Å². The Bertz CT molecular complexity index is 540. The minimum absolute atomic E-state index is 0.254. The van der Waals surface area contributed by atoms with Crippen LogP contribution in [0, 0.1) is 0 Å². The van der Waals surface area contributed by atoms with E-state index in [0.717, 1.165) is 30.9 Å². The van der Waals surface area contributed by atoms with E-state index in [9.17, 15) is 0 Å². The van der Waals surface area contributed by atoms with Gasteiger partial charge < -0.3 is 14.8 Å². The van der Waals surface area contributed by atoms with Crippen LogP contribution in [0.3, 0.4) is 0 Å². The number of rotatable bonds is 8. The third kappa shape index (κ3) is 4.22. The number of hydrogen-bond acceptors (Lipinski definition) is 4. The van der Waals surface area contributed by atoms with Crippen LogP contribution >= 0.6 is 11.3 Å². The first-order valence-electron chi connectivity index (χ1n) is 7.26. The number of nitrogens with one attached hydrogen (secondary N) is 1. The molecule has 0 saturated carbocycles. The Morgan fingerprint density at radius 2 is 2.05 bits per heavy atom. The zero-order chi connectivity index (χ0) is 15.1. The summed E-state index contributed by atoms with van der Waals surface area (Å²) in [6.45, 7) is 3.17. The maximum Gasteiger partial charge on any atom is 0.127 e. The van der Waals surface area contributed by atoms with Crippen LogP contribution in [0.15, 0.2) is 35.7 Å². The second kappa shape index (κ2) is 8.05. The fraction of sp³-hybridized carbons (Fsp3) is 0.412. The summed E-state index contributed by atoms with van der Waals surface area (Å²) in [4.78, 5) is 1.38. The van der Waals surface area contributed by atoms with Crippen LogP contribution in [0.2, 0.25) is 0 Å². The summed E-state index contributed by atoms with van der Waals surface area (Å²) >= 11 is 1.79. The number of thiophene rings is 1. The molecule has 0 saturated heterocycles. The lowest BCUT2D eigenvalue weighted by Crippen LogP contribution is -2.24. The van der Waals surface area contributed by atoms with Gasteiger partial charge in [0.15, 0.2) is 0 Å². The van der Waals surface area contributed by atoms with Gasteiger partial charge in [0.05, 0.1) is 14.2 Å². The Morgan fingerprint density at radius 1 is 1.19 bits per heavy atom. The standard InChI is InChI=1S/C17H23NO2S/c1-4-9-18-16(12-14-6-5-10-21-14)15-8-7-13(19-2)11-17(15)20-3/h5-8,10-11,16,18H,4,9,12H2,1-3H3. The second-order valence-electron chi connectivity index (χ2n) is 4.90. The highest BCUT2D eigenvalue weighted by molar-refractivity contribution is 7.09. The highest BCUT2D eigenvalue weighted by Gasteiger charge is 2.17. The molecule has 0 aliphatic rings. The molecule has 0 spiro atoms. The molecular weight excluding hydrogens is 282 g/mol. The predicted molar refractivity (Wildman–Crippen MR) is 88.6 cm³/mol. The van der Waals surface area contributed by atoms with Crippen molar-refractivity contribution in [3.05, 3.63) is 46.2 Å². The Labute approximate surface area is 130 Å². The van der Waals surface area contributed by atoms with Crippen LogP contribution in [-0.4, -0.2) is 20.8 Å². The molecule has 1 heterocycles. The van der Waals surface area contributed by atoms with Gasteiger partial charge in [-0.1, -0.05) is 19.1 Å². The van der Waals surface area contributed by atoms with Crippen molar-refractivity contribution in [1.29, 1.82) is 0 Å². The molecule has 0 amide bonds. The molecule has 0 radical (unpaired) electrons.